The van der Waals surface area contributed by atoms with Gasteiger partial charge in [-0.15, -0.1) is 0 Å². The van der Waals surface area contributed by atoms with E-state index in [2.05, 4.69) is 5.32 Å². The van der Waals surface area contributed by atoms with Gasteiger partial charge in [0.15, 0.2) is 0 Å². The van der Waals surface area contributed by atoms with Crippen molar-refractivity contribution in [1.29, 1.82) is 0 Å². The molecule has 1 aromatic carbocycles. The van der Waals surface area contributed by atoms with Gasteiger partial charge in [0.05, 0.1) is 13.1 Å². The molecule has 1 rings (SSSR count). The van der Waals surface area contributed by atoms with Crippen molar-refractivity contribution in [3.63, 3.8) is 0 Å². The quantitative estimate of drug-likeness (QED) is 0.856. The van der Waals surface area contributed by atoms with Crippen molar-refractivity contribution in [2.24, 2.45) is 0 Å². The third kappa shape index (κ3) is 5.69. The average Bonchev–Trinajstić information content (AvgIpc) is 2.40. The Morgan fingerprint density at radius 3 is 2.52 bits per heavy atom. The van der Waals surface area contributed by atoms with Gasteiger partial charge in [0, 0.05) is 31.2 Å². The second-order valence-electron chi connectivity index (χ2n) is 4.94. The fraction of sp³-hybridized carbons (Fsp3) is 0.429. The first-order chi connectivity index (χ1) is 9.81. The normalized spacial score (nSPS) is 10.6. The van der Waals surface area contributed by atoms with E-state index in [0.29, 0.717) is 10.6 Å². The first-order valence-electron chi connectivity index (χ1n) is 6.39. The van der Waals surface area contributed by atoms with E-state index in [1.807, 2.05) is 0 Å². The Labute approximate surface area is 128 Å². The van der Waals surface area contributed by atoms with E-state index in [4.69, 9.17) is 11.6 Å². The van der Waals surface area contributed by atoms with Gasteiger partial charge < -0.3 is 10.2 Å². The zero-order valence-electron chi connectivity index (χ0n) is 12.3. The highest BCUT2D eigenvalue weighted by Gasteiger charge is 2.13. The molecule has 0 aliphatic heterocycles. The lowest BCUT2D eigenvalue weighted by Gasteiger charge is -2.18. The summed E-state index contributed by atoms with van der Waals surface area (Å²) in [7, 11) is 4.90. The molecule has 0 aliphatic rings. The molecule has 21 heavy (non-hydrogen) atoms. The Morgan fingerprint density at radius 2 is 1.95 bits per heavy atom. The summed E-state index contributed by atoms with van der Waals surface area (Å²) in [5.74, 6) is -0.902. The highest BCUT2D eigenvalue weighted by Crippen LogP contribution is 2.20. The number of rotatable bonds is 6. The molecule has 2 amide bonds. The molecule has 0 fully saturated rings. The van der Waals surface area contributed by atoms with Gasteiger partial charge in [0.1, 0.15) is 5.82 Å². The van der Waals surface area contributed by atoms with Crippen LogP contribution in [0.15, 0.2) is 18.2 Å². The molecule has 0 saturated heterocycles. The number of halogens is 2. The van der Waals surface area contributed by atoms with Crippen molar-refractivity contribution in [2.75, 3.05) is 34.2 Å². The molecule has 1 N–H and O–H groups in total. The molecule has 1 aromatic rings. The first-order valence-corrected chi connectivity index (χ1v) is 6.77. The lowest BCUT2D eigenvalue weighted by molar-refractivity contribution is -0.131. The van der Waals surface area contributed by atoms with Crippen molar-refractivity contribution in [3.05, 3.63) is 34.6 Å². The predicted molar refractivity (Wildman–Crippen MR) is 79.4 cm³/mol. The number of carbonyl (C=O) groups excluding carboxylic acids is 2. The Morgan fingerprint density at radius 1 is 1.29 bits per heavy atom. The molecule has 0 atom stereocenters. The minimum Gasteiger partial charge on any atom is -0.347 e. The first kappa shape index (κ1) is 17.4. The van der Waals surface area contributed by atoms with Crippen LogP contribution in [0, 0.1) is 5.82 Å². The largest absolute Gasteiger partial charge is 0.347 e. The number of benzene rings is 1. The van der Waals surface area contributed by atoms with E-state index in [-0.39, 0.29) is 31.4 Å². The van der Waals surface area contributed by atoms with E-state index in [1.54, 1.807) is 32.1 Å². The van der Waals surface area contributed by atoms with E-state index >= 15 is 0 Å². The van der Waals surface area contributed by atoms with Crippen LogP contribution in [0.25, 0.3) is 0 Å². The molecular formula is C14H19ClFN3O2. The van der Waals surface area contributed by atoms with Crippen LogP contribution in [-0.2, 0) is 16.1 Å². The molecule has 0 heterocycles. The van der Waals surface area contributed by atoms with Gasteiger partial charge in [0.25, 0.3) is 0 Å². The Hall–Kier alpha value is -1.66. The third-order valence-corrected chi connectivity index (χ3v) is 3.19. The molecule has 0 radical (unpaired) electrons. The Kier molecular flexibility index (Phi) is 6.58. The van der Waals surface area contributed by atoms with E-state index in [0.717, 1.165) is 0 Å². The van der Waals surface area contributed by atoms with Crippen LogP contribution in [0.4, 0.5) is 4.39 Å². The monoisotopic (exact) mass is 315 g/mol. The van der Waals surface area contributed by atoms with Crippen LogP contribution in [0.3, 0.4) is 0 Å². The van der Waals surface area contributed by atoms with Gasteiger partial charge >= 0.3 is 0 Å². The van der Waals surface area contributed by atoms with Gasteiger partial charge in [-0.05, 0) is 19.2 Å². The fourth-order valence-corrected chi connectivity index (χ4v) is 1.87. The third-order valence-electron chi connectivity index (χ3n) is 2.84. The van der Waals surface area contributed by atoms with E-state index in [1.165, 1.54) is 17.0 Å². The number of likely N-dealkylation sites (N-methyl/N-ethyl adjacent to an activating group) is 2. The summed E-state index contributed by atoms with van der Waals surface area (Å²) >= 11 is 5.93. The number of hydrogen-bond donors (Lipinski definition) is 1. The second kappa shape index (κ2) is 7.95. The SMILES string of the molecule is CN(CC(=O)NCC(=O)N(C)C)Cc1c(F)cccc1Cl. The van der Waals surface area contributed by atoms with Crippen LogP contribution in [0.1, 0.15) is 5.56 Å². The number of nitrogens with one attached hydrogen (secondary N) is 1. The molecule has 7 heteroatoms. The summed E-state index contributed by atoms with van der Waals surface area (Å²) in [6.07, 6.45) is 0. The standard InChI is InChI=1S/C14H19ClFN3O2/c1-18(2)14(21)7-17-13(20)9-19(3)8-10-11(15)5-4-6-12(10)16/h4-6H,7-9H2,1-3H3,(H,17,20). The molecule has 0 saturated carbocycles. The fourth-order valence-electron chi connectivity index (χ4n) is 1.64. The van der Waals surface area contributed by atoms with Crippen molar-refractivity contribution in [3.8, 4) is 0 Å². The number of hydrogen-bond acceptors (Lipinski definition) is 3. The minimum absolute atomic E-state index is 0.0470. The maximum atomic E-state index is 13.6. The van der Waals surface area contributed by atoms with Gasteiger partial charge in [-0.2, -0.15) is 0 Å². The van der Waals surface area contributed by atoms with Crippen LogP contribution >= 0.6 is 11.6 Å². The zero-order valence-corrected chi connectivity index (χ0v) is 13.1. The maximum absolute atomic E-state index is 13.6. The van der Waals surface area contributed by atoms with Crippen LogP contribution in [0.2, 0.25) is 5.02 Å². The molecule has 0 aliphatic carbocycles. The predicted octanol–water partition coefficient (Wildman–Crippen LogP) is 1.12. The van der Waals surface area contributed by atoms with Crippen LogP contribution < -0.4 is 5.32 Å². The summed E-state index contributed by atoms with van der Waals surface area (Å²) in [6, 6.07) is 4.45. The van der Waals surface area contributed by atoms with Gasteiger partial charge in [-0.1, -0.05) is 17.7 Å². The van der Waals surface area contributed by atoms with Gasteiger partial charge in [-0.3, -0.25) is 14.5 Å². The Bertz CT molecular complexity index is 503. The summed E-state index contributed by atoms with van der Waals surface area (Å²) in [4.78, 5) is 26.1. The molecule has 0 bridgehead atoms. The topological polar surface area (TPSA) is 52.7 Å². The molecule has 5 nitrogen and oxygen atoms in total. The van der Waals surface area contributed by atoms with Gasteiger partial charge in [0.2, 0.25) is 11.8 Å². The number of amides is 2. The number of nitrogens with zero attached hydrogens (tertiary/aromatic N) is 2. The number of carbonyl (C=O) groups is 2. The van der Waals surface area contributed by atoms with E-state index < -0.39 is 5.82 Å². The Balaban J connectivity index is 2.48. The summed E-state index contributed by atoms with van der Waals surface area (Å²) in [5.41, 5.74) is 0.346. The molecular weight excluding hydrogens is 297 g/mol. The van der Waals surface area contributed by atoms with Crippen LogP contribution in [-0.4, -0.2) is 55.8 Å². The van der Waals surface area contributed by atoms with Crippen molar-refractivity contribution >= 4 is 23.4 Å². The highest BCUT2D eigenvalue weighted by molar-refractivity contribution is 6.31. The lowest BCUT2D eigenvalue weighted by Crippen LogP contribution is -2.40. The zero-order chi connectivity index (χ0) is 16.0. The second-order valence-corrected chi connectivity index (χ2v) is 5.34. The molecule has 0 unspecified atom stereocenters. The minimum atomic E-state index is -0.405. The van der Waals surface area contributed by atoms with Gasteiger partial charge in [-0.25, -0.2) is 4.39 Å². The average molecular weight is 316 g/mol. The molecule has 116 valence electrons. The lowest BCUT2D eigenvalue weighted by atomic mass is 10.2. The van der Waals surface area contributed by atoms with Crippen LogP contribution in [0.5, 0.6) is 0 Å². The molecule has 0 spiro atoms. The summed E-state index contributed by atoms with van der Waals surface area (Å²) in [6.45, 7) is 0.200. The summed E-state index contributed by atoms with van der Waals surface area (Å²) < 4.78 is 13.6. The highest BCUT2D eigenvalue weighted by atomic mass is 35.5. The van der Waals surface area contributed by atoms with Crippen molar-refractivity contribution in [2.45, 2.75) is 6.54 Å². The molecule has 0 aromatic heterocycles. The van der Waals surface area contributed by atoms with Crippen molar-refractivity contribution in [1.82, 2.24) is 15.1 Å². The summed E-state index contributed by atoms with van der Waals surface area (Å²) in [5, 5.41) is 2.84. The van der Waals surface area contributed by atoms with E-state index in [9.17, 15) is 14.0 Å². The maximum Gasteiger partial charge on any atom is 0.241 e. The van der Waals surface area contributed by atoms with Crippen molar-refractivity contribution < 1.29 is 14.0 Å². The smallest absolute Gasteiger partial charge is 0.241 e.